The van der Waals surface area contributed by atoms with Crippen LogP contribution in [0, 0.1) is 29.6 Å². The summed E-state index contributed by atoms with van der Waals surface area (Å²) in [6.07, 6.45) is 14.6. The molecule has 18 heavy (non-hydrogen) atoms. The van der Waals surface area contributed by atoms with Crippen LogP contribution in [0.15, 0.2) is 0 Å². The Morgan fingerprint density at radius 2 is 1.78 bits per heavy atom. The third-order valence-electron chi connectivity index (χ3n) is 6.53. The highest BCUT2D eigenvalue weighted by Gasteiger charge is 2.40. The predicted octanol–water partition coefficient (Wildman–Crippen LogP) is 4.36. The van der Waals surface area contributed by atoms with Crippen LogP contribution < -0.4 is 5.73 Å². The summed E-state index contributed by atoms with van der Waals surface area (Å²) in [5.74, 6) is 5.02. The first-order chi connectivity index (χ1) is 8.76. The summed E-state index contributed by atoms with van der Waals surface area (Å²) in [4.78, 5) is 0. The molecule has 3 rings (SSSR count). The highest BCUT2D eigenvalue weighted by Crippen LogP contribution is 2.50. The van der Waals surface area contributed by atoms with Gasteiger partial charge in [0.2, 0.25) is 0 Å². The molecule has 1 nitrogen and oxygen atoms in total. The molecule has 2 bridgehead atoms. The maximum atomic E-state index is 6.55. The summed E-state index contributed by atoms with van der Waals surface area (Å²) in [6.45, 7) is 2.35. The average Bonchev–Trinajstić information content (AvgIpc) is 3.01. The molecular weight excluding hydrogens is 218 g/mol. The van der Waals surface area contributed by atoms with E-state index in [-0.39, 0.29) is 0 Å². The molecule has 3 saturated carbocycles. The molecule has 0 heterocycles. The molecule has 104 valence electrons. The molecule has 3 aliphatic carbocycles. The van der Waals surface area contributed by atoms with Crippen molar-refractivity contribution in [1.82, 2.24) is 0 Å². The van der Waals surface area contributed by atoms with E-state index in [0.717, 1.165) is 29.6 Å². The third kappa shape index (κ3) is 2.61. The fourth-order valence-electron chi connectivity index (χ4n) is 5.23. The van der Waals surface area contributed by atoms with Gasteiger partial charge in [-0.25, -0.2) is 0 Å². The SMILES string of the molecule is CCC1CCC(C(N)CC2CC3CCC2C3)CC1. The summed E-state index contributed by atoms with van der Waals surface area (Å²) in [5.41, 5.74) is 6.55. The van der Waals surface area contributed by atoms with Crippen LogP contribution in [0.2, 0.25) is 0 Å². The molecule has 0 spiro atoms. The van der Waals surface area contributed by atoms with Gasteiger partial charge in [0, 0.05) is 6.04 Å². The summed E-state index contributed by atoms with van der Waals surface area (Å²) in [6, 6.07) is 0.521. The van der Waals surface area contributed by atoms with E-state index in [1.165, 1.54) is 57.8 Å². The van der Waals surface area contributed by atoms with E-state index in [0.29, 0.717) is 6.04 Å². The lowest BCUT2D eigenvalue weighted by atomic mass is 9.74. The van der Waals surface area contributed by atoms with Crippen LogP contribution in [-0.2, 0) is 0 Å². The number of nitrogens with two attached hydrogens (primary N) is 1. The monoisotopic (exact) mass is 249 g/mol. The van der Waals surface area contributed by atoms with Crippen molar-refractivity contribution < 1.29 is 0 Å². The van der Waals surface area contributed by atoms with Crippen LogP contribution in [0.25, 0.3) is 0 Å². The van der Waals surface area contributed by atoms with Crippen molar-refractivity contribution in [3.63, 3.8) is 0 Å². The van der Waals surface area contributed by atoms with E-state index >= 15 is 0 Å². The minimum absolute atomic E-state index is 0.521. The quantitative estimate of drug-likeness (QED) is 0.787. The first-order valence-electron chi connectivity index (χ1n) is 8.51. The summed E-state index contributed by atoms with van der Waals surface area (Å²) >= 11 is 0. The summed E-state index contributed by atoms with van der Waals surface area (Å²) < 4.78 is 0. The Morgan fingerprint density at radius 1 is 1.00 bits per heavy atom. The average molecular weight is 249 g/mol. The molecule has 0 radical (unpaired) electrons. The van der Waals surface area contributed by atoms with E-state index in [2.05, 4.69) is 6.92 Å². The van der Waals surface area contributed by atoms with Crippen molar-refractivity contribution in [3.8, 4) is 0 Å². The largest absolute Gasteiger partial charge is 0.327 e. The second-order valence-electron chi connectivity index (χ2n) is 7.52. The summed E-state index contributed by atoms with van der Waals surface area (Å²) in [5, 5.41) is 0. The molecule has 3 aliphatic rings. The van der Waals surface area contributed by atoms with Gasteiger partial charge in [-0.2, -0.15) is 0 Å². The van der Waals surface area contributed by atoms with Crippen LogP contribution >= 0.6 is 0 Å². The summed E-state index contributed by atoms with van der Waals surface area (Å²) in [7, 11) is 0. The number of rotatable bonds is 4. The highest BCUT2D eigenvalue weighted by molar-refractivity contribution is 4.92. The second kappa shape index (κ2) is 5.53. The molecular formula is C17H31N. The van der Waals surface area contributed by atoms with Crippen LogP contribution in [0.3, 0.4) is 0 Å². The fraction of sp³-hybridized carbons (Fsp3) is 1.00. The van der Waals surface area contributed by atoms with Gasteiger partial charge in [-0.3, -0.25) is 0 Å². The van der Waals surface area contributed by atoms with Crippen LogP contribution in [0.5, 0.6) is 0 Å². The van der Waals surface area contributed by atoms with Crippen molar-refractivity contribution in [3.05, 3.63) is 0 Å². The minimum atomic E-state index is 0.521. The standard InChI is InChI=1S/C17H31N/c1-2-12-3-6-14(7-4-12)17(18)11-16-10-13-5-8-15(16)9-13/h12-17H,2-11,18H2,1H3. The van der Waals surface area contributed by atoms with Crippen LogP contribution in [0.4, 0.5) is 0 Å². The van der Waals surface area contributed by atoms with Crippen molar-refractivity contribution >= 4 is 0 Å². The van der Waals surface area contributed by atoms with Gasteiger partial charge in [0.15, 0.2) is 0 Å². The molecule has 4 unspecified atom stereocenters. The van der Waals surface area contributed by atoms with Gasteiger partial charge in [0.25, 0.3) is 0 Å². The zero-order chi connectivity index (χ0) is 12.5. The first-order valence-corrected chi connectivity index (χ1v) is 8.51. The molecule has 3 fully saturated rings. The highest BCUT2D eigenvalue weighted by atomic mass is 14.7. The zero-order valence-corrected chi connectivity index (χ0v) is 12.1. The fourth-order valence-corrected chi connectivity index (χ4v) is 5.23. The lowest BCUT2D eigenvalue weighted by molar-refractivity contribution is 0.201. The Morgan fingerprint density at radius 3 is 2.33 bits per heavy atom. The third-order valence-corrected chi connectivity index (χ3v) is 6.53. The normalized spacial score (nSPS) is 45.3. The van der Waals surface area contributed by atoms with Gasteiger partial charge in [0.05, 0.1) is 0 Å². The second-order valence-corrected chi connectivity index (χ2v) is 7.52. The van der Waals surface area contributed by atoms with Gasteiger partial charge in [-0.1, -0.05) is 32.6 Å². The molecule has 0 aliphatic heterocycles. The smallest absolute Gasteiger partial charge is 0.00699 e. The molecule has 0 saturated heterocycles. The molecule has 0 aromatic rings. The zero-order valence-electron chi connectivity index (χ0n) is 12.1. The molecule has 0 amide bonds. The molecule has 1 heteroatoms. The topological polar surface area (TPSA) is 26.0 Å². The van der Waals surface area contributed by atoms with E-state index in [4.69, 9.17) is 5.73 Å². The molecule has 0 aromatic heterocycles. The molecule has 0 aromatic carbocycles. The lowest BCUT2D eigenvalue weighted by Crippen LogP contribution is -2.35. The Labute approximate surface area is 113 Å². The van der Waals surface area contributed by atoms with Gasteiger partial charge < -0.3 is 5.73 Å². The van der Waals surface area contributed by atoms with Gasteiger partial charge >= 0.3 is 0 Å². The van der Waals surface area contributed by atoms with E-state index < -0.39 is 0 Å². The van der Waals surface area contributed by atoms with Crippen molar-refractivity contribution in [2.45, 2.75) is 77.2 Å². The Kier molecular flexibility index (Phi) is 3.98. The van der Waals surface area contributed by atoms with Crippen molar-refractivity contribution in [1.29, 1.82) is 0 Å². The van der Waals surface area contributed by atoms with E-state index in [1.807, 2.05) is 0 Å². The molecule has 2 N–H and O–H groups in total. The Balaban J connectivity index is 1.46. The van der Waals surface area contributed by atoms with Crippen molar-refractivity contribution in [2.75, 3.05) is 0 Å². The van der Waals surface area contributed by atoms with Crippen LogP contribution in [0.1, 0.15) is 71.1 Å². The predicted molar refractivity (Wildman–Crippen MR) is 77.3 cm³/mol. The van der Waals surface area contributed by atoms with Crippen molar-refractivity contribution in [2.24, 2.45) is 35.3 Å². The maximum absolute atomic E-state index is 6.55. The molecule has 4 atom stereocenters. The Bertz CT molecular complexity index is 267. The van der Waals surface area contributed by atoms with Crippen LogP contribution in [-0.4, -0.2) is 6.04 Å². The first kappa shape index (κ1) is 13.0. The van der Waals surface area contributed by atoms with Gasteiger partial charge in [0.1, 0.15) is 0 Å². The maximum Gasteiger partial charge on any atom is 0.00699 e. The number of hydrogen-bond acceptors (Lipinski definition) is 1. The van der Waals surface area contributed by atoms with Gasteiger partial charge in [-0.15, -0.1) is 0 Å². The number of hydrogen-bond donors (Lipinski definition) is 1. The van der Waals surface area contributed by atoms with Gasteiger partial charge in [-0.05, 0) is 68.1 Å². The number of fused-ring (bicyclic) bond motifs is 2. The lowest BCUT2D eigenvalue weighted by Gasteiger charge is -2.34. The minimum Gasteiger partial charge on any atom is -0.327 e. The Hall–Kier alpha value is -0.0400. The van der Waals surface area contributed by atoms with E-state index in [1.54, 1.807) is 6.42 Å². The van der Waals surface area contributed by atoms with E-state index in [9.17, 15) is 0 Å².